The number of benzene rings is 1. The Labute approximate surface area is 160 Å². The average Bonchev–Trinajstić information content (AvgIpc) is 2.71. The first-order chi connectivity index (χ1) is 13.4. The molecule has 0 radical (unpaired) electrons. The molecule has 0 spiro atoms. The predicted octanol–water partition coefficient (Wildman–Crippen LogP) is 2.79. The Kier molecular flexibility index (Phi) is 6.35. The van der Waals surface area contributed by atoms with Crippen molar-refractivity contribution in [3.63, 3.8) is 0 Å². The molecule has 2 heterocycles. The summed E-state index contributed by atoms with van der Waals surface area (Å²) < 4.78 is 47.1. The molecule has 1 aliphatic rings. The Morgan fingerprint density at radius 2 is 1.89 bits per heavy atom. The van der Waals surface area contributed by atoms with Gasteiger partial charge in [-0.15, -0.1) is 0 Å². The average molecular weight is 395 g/mol. The predicted molar refractivity (Wildman–Crippen MR) is 96.4 cm³/mol. The molecule has 0 atom stereocenters. The number of halogens is 3. The molecule has 1 aliphatic heterocycles. The van der Waals surface area contributed by atoms with E-state index in [9.17, 15) is 18.0 Å². The van der Waals surface area contributed by atoms with E-state index in [1.54, 1.807) is 24.3 Å². The highest BCUT2D eigenvalue weighted by molar-refractivity contribution is 5.94. The van der Waals surface area contributed by atoms with Gasteiger partial charge in [0.2, 0.25) is 5.88 Å². The molecule has 1 aromatic carbocycles. The fraction of sp³-hybridized carbons (Fsp3) is 0.368. The van der Waals surface area contributed by atoms with Crippen LogP contribution in [-0.4, -0.2) is 50.0 Å². The zero-order valence-corrected chi connectivity index (χ0v) is 15.0. The number of rotatable bonds is 6. The van der Waals surface area contributed by atoms with Gasteiger partial charge in [-0.25, -0.2) is 4.98 Å². The number of carbonyl (C=O) groups is 1. The standard InChI is InChI=1S/C19H20F3N3O3/c20-19(21,22)13-28-18-15(2-1-7-23-18)12-24-17(26)14-3-5-16(6-4-14)25-8-10-27-11-9-25/h1-7H,8-13H2,(H,24,26). The monoisotopic (exact) mass is 395 g/mol. The molecular formula is C19H20F3N3O3. The van der Waals surface area contributed by atoms with Crippen LogP contribution < -0.4 is 15.0 Å². The van der Waals surface area contributed by atoms with Crippen LogP contribution >= 0.6 is 0 Å². The van der Waals surface area contributed by atoms with E-state index >= 15 is 0 Å². The summed E-state index contributed by atoms with van der Waals surface area (Å²) >= 11 is 0. The van der Waals surface area contributed by atoms with Crippen molar-refractivity contribution >= 4 is 11.6 Å². The summed E-state index contributed by atoms with van der Waals surface area (Å²) in [6.45, 7) is 1.51. The third-order valence-corrected chi connectivity index (χ3v) is 4.17. The van der Waals surface area contributed by atoms with Crippen LogP contribution in [0.4, 0.5) is 18.9 Å². The normalized spacial score (nSPS) is 14.6. The lowest BCUT2D eigenvalue weighted by atomic mass is 10.1. The Bertz CT molecular complexity index is 791. The molecule has 0 bridgehead atoms. The maximum absolute atomic E-state index is 12.3. The third kappa shape index (κ3) is 5.59. The number of nitrogens with one attached hydrogen (secondary N) is 1. The van der Waals surface area contributed by atoms with Gasteiger partial charge in [-0.05, 0) is 30.3 Å². The van der Waals surface area contributed by atoms with Crippen molar-refractivity contribution in [3.05, 3.63) is 53.7 Å². The molecule has 1 amide bonds. The highest BCUT2D eigenvalue weighted by Crippen LogP contribution is 2.20. The third-order valence-electron chi connectivity index (χ3n) is 4.17. The van der Waals surface area contributed by atoms with Crippen LogP contribution in [0.25, 0.3) is 0 Å². The lowest BCUT2D eigenvalue weighted by Crippen LogP contribution is -2.36. The lowest BCUT2D eigenvalue weighted by molar-refractivity contribution is -0.154. The number of aromatic nitrogens is 1. The fourth-order valence-corrected chi connectivity index (χ4v) is 2.76. The summed E-state index contributed by atoms with van der Waals surface area (Å²) in [6, 6.07) is 10.3. The second kappa shape index (κ2) is 8.92. The second-order valence-electron chi connectivity index (χ2n) is 6.20. The molecule has 1 saturated heterocycles. The summed E-state index contributed by atoms with van der Waals surface area (Å²) in [4.78, 5) is 18.3. The van der Waals surface area contributed by atoms with E-state index in [1.807, 2.05) is 12.1 Å². The summed E-state index contributed by atoms with van der Waals surface area (Å²) in [6.07, 6.45) is -3.12. The lowest BCUT2D eigenvalue weighted by Gasteiger charge is -2.28. The molecule has 2 aromatic rings. The first-order valence-corrected chi connectivity index (χ1v) is 8.77. The summed E-state index contributed by atoms with van der Waals surface area (Å²) in [5, 5.41) is 2.68. The second-order valence-corrected chi connectivity index (χ2v) is 6.20. The number of amides is 1. The van der Waals surface area contributed by atoms with Crippen molar-refractivity contribution in [3.8, 4) is 5.88 Å². The number of carbonyl (C=O) groups excluding carboxylic acids is 1. The largest absolute Gasteiger partial charge is 0.468 e. The van der Waals surface area contributed by atoms with Crippen molar-refractivity contribution in [2.24, 2.45) is 0 Å². The number of alkyl halides is 3. The van der Waals surface area contributed by atoms with Gasteiger partial charge in [-0.2, -0.15) is 13.2 Å². The summed E-state index contributed by atoms with van der Waals surface area (Å²) in [5.74, 6) is -0.484. The maximum atomic E-state index is 12.3. The molecule has 0 unspecified atom stereocenters. The Balaban J connectivity index is 1.58. The Morgan fingerprint density at radius 1 is 1.18 bits per heavy atom. The Hall–Kier alpha value is -2.81. The van der Waals surface area contributed by atoms with Gasteiger partial charge in [-0.1, -0.05) is 6.07 Å². The van der Waals surface area contributed by atoms with Crippen LogP contribution in [0.2, 0.25) is 0 Å². The topological polar surface area (TPSA) is 63.7 Å². The van der Waals surface area contributed by atoms with Gasteiger partial charge in [0.25, 0.3) is 5.91 Å². The SMILES string of the molecule is O=C(NCc1cccnc1OCC(F)(F)F)c1ccc(N2CCOCC2)cc1. The van der Waals surface area contributed by atoms with Crippen molar-refractivity contribution in [2.45, 2.75) is 12.7 Å². The molecule has 1 N–H and O–H groups in total. The molecule has 0 saturated carbocycles. The van der Waals surface area contributed by atoms with E-state index in [2.05, 4.69) is 15.2 Å². The zero-order chi connectivity index (χ0) is 20.0. The molecule has 1 fully saturated rings. The van der Waals surface area contributed by atoms with Crippen LogP contribution in [0.1, 0.15) is 15.9 Å². The van der Waals surface area contributed by atoms with Crippen LogP contribution in [0.5, 0.6) is 5.88 Å². The van der Waals surface area contributed by atoms with E-state index in [1.165, 1.54) is 6.20 Å². The van der Waals surface area contributed by atoms with Crippen LogP contribution in [-0.2, 0) is 11.3 Å². The number of hydrogen-bond acceptors (Lipinski definition) is 5. The minimum Gasteiger partial charge on any atom is -0.468 e. The molecule has 0 aliphatic carbocycles. The van der Waals surface area contributed by atoms with Crippen LogP contribution in [0.3, 0.4) is 0 Å². The number of morpholine rings is 1. The number of hydrogen-bond donors (Lipinski definition) is 1. The molecule has 150 valence electrons. The number of nitrogens with zero attached hydrogens (tertiary/aromatic N) is 2. The zero-order valence-electron chi connectivity index (χ0n) is 15.0. The maximum Gasteiger partial charge on any atom is 0.422 e. The first-order valence-electron chi connectivity index (χ1n) is 8.77. The van der Waals surface area contributed by atoms with Crippen molar-refractivity contribution in [2.75, 3.05) is 37.8 Å². The van der Waals surface area contributed by atoms with Gasteiger partial charge in [0.05, 0.1) is 13.2 Å². The summed E-state index contributed by atoms with van der Waals surface area (Å²) in [5.41, 5.74) is 1.83. The number of pyridine rings is 1. The highest BCUT2D eigenvalue weighted by atomic mass is 19.4. The molecule has 28 heavy (non-hydrogen) atoms. The number of ether oxygens (including phenoxy) is 2. The first kappa shape index (κ1) is 19.9. The Morgan fingerprint density at radius 3 is 2.57 bits per heavy atom. The van der Waals surface area contributed by atoms with Crippen molar-refractivity contribution < 1.29 is 27.4 Å². The molecule has 1 aromatic heterocycles. The van der Waals surface area contributed by atoms with Gasteiger partial charge in [0, 0.05) is 42.6 Å². The number of anilines is 1. The molecule has 6 nitrogen and oxygen atoms in total. The minimum absolute atomic E-state index is 0.00504. The van der Waals surface area contributed by atoms with Crippen molar-refractivity contribution in [1.82, 2.24) is 10.3 Å². The van der Waals surface area contributed by atoms with E-state index in [0.29, 0.717) is 24.3 Å². The van der Waals surface area contributed by atoms with E-state index in [4.69, 9.17) is 9.47 Å². The van der Waals surface area contributed by atoms with Gasteiger partial charge >= 0.3 is 6.18 Å². The smallest absolute Gasteiger partial charge is 0.422 e. The van der Waals surface area contributed by atoms with Gasteiger partial charge in [-0.3, -0.25) is 4.79 Å². The quantitative estimate of drug-likeness (QED) is 0.815. The van der Waals surface area contributed by atoms with Gasteiger partial charge in [0.1, 0.15) is 0 Å². The summed E-state index contributed by atoms with van der Waals surface area (Å²) in [7, 11) is 0. The van der Waals surface area contributed by atoms with Gasteiger partial charge < -0.3 is 19.7 Å². The van der Waals surface area contributed by atoms with Crippen LogP contribution in [0, 0.1) is 0 Å². The highest BCUT2D eigenvalue weighted by Gasteiger charge is 2.29. The minimum atomic E-state index is -4.46. The molecular weight excluding hydrogens is 375 g/mol. The van der Waals surface area contributed by atoms with E-state index in [-0.39, 0.29) is 18.3 Å². The molecule has 9 heteroatoms. The van der Waals surface area contributed by atoms with Gasteiger partial charge in [0.15, 0.2) is 6.61 Å². The van der Waals surface area contributed by atoms with Crippen molar-refractivity contribution in [1.29, 1.82) is 0 Å². The van der Waals surface area contributed by atoms with Crippen LogP contribution in [0.15, 0.2) is 42.6 Å². The van der Waals surface area contributed by atoms with E-state index in [0.717, 1.165) is 18.8 Å². The van der Waals surface area contributed by atoms with E-state index < -0.39 is 12.8 Å². The molecule has 3 rings (SSSR count). The fourth-order valence-electron chi connectivity index (χ4n) is 2.76.